The average molecular weight is 573 g/mol. The molecule has 3 fully saturated rings. The van der Waals surface area contributed by atoms with Gasteiger partial charge in [0.1, 0.15) is 24.4 Å². The molecule has 1 unspecified atom stereocenters. The minimum Gasteiger partial charge on any atom is -0.389 e. The molecule has 0 aromatic heterocycles. The highest BCUT2D eigenvalue weighted by Gasteiger charge is 2.60. The molecule has 3 heterocycles. The monoisotopic (exact) mass is 572 g/mol. The zero-order valence-corrected chi connectivity index (χ0v) is 26.1. The minimum absolute atomic E-state index is 0.220. The maximum atomic E-state index is 10.3. The number of aliphatic hydroxyl groups excluding tert-OH is 1. The molecule has 9 heteroatoms. The Balaban J connectivity index is 1.14. The van der Waals surface area contributed by atoms with Crippen molar-refractivity contribution in [3.63, 3.8) is 0 Å². The highest BCUT2D eigenvalue weighted by molar-refractivity contribution is 5.00. The van der Waals surface area contributed by atoms with Gasteiger partial charge in [0.25, 0.3) is 0 Å². The number of hydrogen-bond donors (Lipinski definition) is 3. The Labute approximate surface area is 243 Å². The van der Waals surface area contributed by atoms with Crippen LogP contribution in [0.5, 0.6) is 0 Å². The van der Waals surface area contributed by atoms with Crippen molar-refractivity contribution >= 4 is 0 Å². The molecule has 3 aliphatic rings. The third-order valence-corrected chi connectivity index (χ3v) is 7.91. The molecule has 3 N–H and O–H groups in total. The molecule has 0 saturated carbocycles. The predicted octanol–water partition coefficient (Wildman–Crippen LogP) is 4.64. The van der Waals surface area contributed by atoms with Gasteiger partial charge in [-0.25, -0.2) is 0 Å². The second-order valence-corrected chi connectivity index (χ2v) is 12.7. The second kappa shape index (κ2) is 17.7. The third kappa shape index (κ3) is 12.1. The number of hydrogen-bond acceptors (Lipinski definition) is 9. The maximum Gasteiger partial charge on any atom is 0.190 e. The molecular weight excluding hydrogens is 512 g/mol. The molecule has 3 saturated heterocycles. The fourth-order valence-corrected chi connectivity index (χ4v) is 5.87. The SMILES string of the molecule is CCCCCCCCCCCCCCNCCNCC(O)COC[C@H]1O[C@@H]2OC(C)(C)O[C@@H]2[C@H]2OC(C)(C)O[C@H]21. The molecule has 0 bridgehead atoms. The number of unbranched alkanes of at least 4 members (excludes halogenated alkanes) is 11. The lowest BCUT2D eigenvalue weighted by Gasteiger charge is -2.37. The van der Waals surface area contributed by atoms with Gasteiger partial charge in [-0.3, -0.25) is 0 Å². The van der Waals surface area contributed by atoms with Crippen molar-refractivity contribution in [2.24, 2.45) is 0 Å². The van der Waals surface area contributed by atoms with Crippen LogP contribution in [-0.2, 0) is 28.4 Å². The van der Waals surface area contributed by atoms with Gasteiger partial charge >= 0.3 is 0 Å². The summed E-state index contributed by atoms with van der Waals surface area (Å²) in [6.07, 6.45) is 14.1. The van der Waals surface area contributed by atoms with Crippen molar-refractivity contribution in [2.45, 2.75) is 160 Å². The Morgan fingerprint density at radius 2 is 1.23 bits per heavy atom. The molecule has 0 aromatic rings. The summed E-state index contributed by atoms with van der Waals surface area (Å²) in [5.74, 6) is -1.47. The highest BCUT2D eigenvalue weighted by Crippen LogP contribution is 2.44. The zero-order chi connectivity index (χ0) is 28.8. The van der Waals surface area contributed by atoms with Crippen LogP contribution in [0, 0.1) is 0 Å². The summed E-state index contributed by atoms with van der Waals surface area (Å²) < 4.78 is 36.2. The van der Waals surface area contributed by atoms with Crippen LogP contribution in [0.1, 0.15) is 112 Å². The first-order valence-corrected chi connectivity index (χ1v) is 16.2. The first-order chi connectivity index (χ1) is 19.2. The maximum absolute atomic E-state index is 10.3. The quantitative estimate of drug-likeness (QED) is 0.160. The van der Waals surface area contributed by atoms with Gasteiger partial charge in [-0.05, 0) is 40.7 Å². The topological polar surface area (TPSA) is 99.7 Å². The summed E-state index contributed by atoms with van der Waals surface area (Å²) in [4.78, 5) is 0. The molecule has 6 atom stereocenters. The van der Waals surface area contributed by atoms with E-state index in [1.165, 1.54) is 77.0 Å². The second-order valence-electron chi connectivity index (χ2n) is 12.7. The van der Waals surface area contributed by atoms with Crippen LogP contribution in [-0.4, -0.2) is 92.9 Å². The van der Waals surface area contributed by atoms with Gasteiger partial charge in [0.15, 0.2) is 17.9 Å². The normalized spacial score (nSPS) is 29.4. The molecule has 0 radical (unpaired) electrons. The van der Waals surface area contributed by atoms with Crippen molar-refractivity contribution < 1.29 is 33.5 Å². The van der Waals surface area contributed by atoms with E-state index in [9.17, 15) is 5.11 Å². The third-order valence-electron chi connectivity index (χ3n) is 7.91. The van der Waals surface area contributed by atoms with Crippen LogP contribution in [0.15, 0.2) is 0 Å². The van der Waals surface area contributed by atoms with E-state index in [1.807, 2.05) is 27.7 Å². The van der Waals surface area contributed by atoms with Crippen molar-refractivity contribution in [3.8, 4) is 0 Å². The summed E-state index contributed by atoms with van der Waals surface area (Å²) in [6.45, 7) is 13.6. The lowest BCUT2D eigenvalue weighted by Crippen LogP contribution is -2.56. The van der Waals surface area contributed by atoms with Crippen molar-refractivity contribution in [2.75, 3.05) is 39.4 Å². The lowest BCUT2D eigenvalue weighted by molar-refractivity contribution is -0.243. The van der Waals surface area contributed by atoms with Crippen LogP contribution in [0.2, 0.25) is 0 Å². The molecular formula is C31H60N2O7. The standard InChI is InChI=1S/C31H60N2O7/c1-6-7-8-9-10-11-12-13-14-15-16-17-18-32-19-20-33-21-24(34)22-35-23-25-26-27(38-30(2,3)37-26)28-29(36-25)40-31(4,5)39-28/h24-29,32-34H,6-23H2,1-5H3/t24?,25-,26+,27+,28-,29-/m1/s1. The summed E-state index contributed by atoms with van der Waals surface area (Å²) in [5, 5.41) is 17.1. The average Bonchev–Trinajstić information content (AvgIpc) is 3.39. The van der Waals surface area contributed by atoms with E-state index in [0.717, 1.165) is 19.6 Å². The van der Waals surface area contributed by atoms with E-state index in [0.29, 0.717) is 6.54 Å². The molecule has 0 amide bonds. The Hall–Kier alpha value is -0.360. The first kappa shape index (κ1) is 34.1. The van der Waals surface area contributed by atoms with Gasteiger partial charge in [-0.2, -0.15) is 0 Å². The van der Waals surface area contributed by atoms with Gasteiger partial charge in [-0.1, -0.05) is 77.6 Å². The highest BCUT2D eigenvalue weighted by atomic mass is 16.9. The van der Waals surface area contributed by atoms with Gasteiger partial charge in [0.05, 0.1) is 19.3 Å². The van der Waals surface area contributed by atoms with E-state index in [4.69, 9.17) is 28.4 Å². The first-order valence-electron chi connectivity index (χ1n) is 16.2. The number of aliphatic hydroxyl groups is 1. The van der Waals surface area contributed by atoms with Crippen molar-refractivity contribution in [1.82, 2.24) is 10.6 Å². The van der Waals surface area contributed by atoms with Crippen LogP contribution in [0.3, 0.4) is 0 Å². The summed E-state index contributed by atoms with van der Waals surface area (Å²) in [7, 11) is 0. The zero-order valence-electron chi connectivity index (χ0n) is 26.1. The molecule has 0 aliphatic carbocycles. The molecule has 0 spiro atoms. The number of fused-ring (bicyclic) bond motifs is 3. The number of rotatable bonds is 22. The van der Waals surface area contributed by atoms with E-state index in [2.05, 4.69) is 17.6 Å². The molecule has 0 aromatic carbocycles. The van der Waals surface area contributed by atoms with E-state index in [-0.39, 0.29) is 37.6 Å². The number of nitrogens with one attached hydrogen (secondary N) is 2. The lowest BCUT2D eigenvalue weighted by atomic mass is 9.99. The minimum atomic E-state index is -0.741. The predicted molar refractivity (Wildman–Crippen MR) is 156 cm³/mol. The van der Waals surface area contributed by atoms with Gasteiger partial charge in [0.2, 0.25) is 0 Å². The Bertz CT molecular complexity index is 680. The fourth-order valence-electron chi connectivity index (χ4n) is 5.87. The number of ether oxygens (including phenoxy) is 6. The van der Waals surface area contributed by atoms with E-state index in [1.54, 1.807) is 0 Å². The van der Waals surface area contributed by atoms with Crippen molar-refractivity contribution in [1.29, 1.82) is 0 Å². The van der Waals surface area contributed by atoms with Crippen LogP contribution < -0.4 is 10.6 Å². The largest absolute Gasteiger partial charge is 0.389 e. The molecule has 3 aliphatic heterocycles. The van der Waals surface area contributed by atoms with Crippen LogP contribution in [0.4, 0.5) is 0 Å². The Morgan fingerprint density at radius 1 is 0.675 bits per heavy atom. The molecule has 3 rings (SSSR count). The summed E-state index contributed by atoms with van der Waals surface area (Å²) in [5.41, 5.74) is 0. The van der Waals surface area contributed by atoms with Gasteiger partial charge < -0.3 is 44.2 Å². The van der Waals surface area contributed by atoms with Crippen LogP contribution in [0.25, 0.3) is 0 Å². The Kier molecular flexibility index (Phi) is 15.1. The Morgan fingerprint density at radius 3 is 1.90 bits per heavy atom. The van der Waals surface area contributed by atoms with E-state index >= 15 is 0 Å². The van der Waals surface area contributed by atoms with Crippen molar-refractivity contribution in [3.05, 3.63) is 0 Å². The van der Waals surface area contributed by atoms with Gasteiger partial charge in [0, 0.05) is 19.6 Å². The fraction of sp³-hybridized carbons (Fsp3) is 1.00. The summed E-state index contributed by atoms with van der Waals surface area (Å²) in [6, 6.07) is 0. The molecule has 40 heavy (non-hydrogen) atoms. The molecule has 9 nitrogen and oxygen atoms in total. The molecule has 236 valence electrons. The summed E-state index contributed by atoms with van der Waals surface area (Å²) >= 11 is 0. The smallest absolute Gasteiger partial charge is 0.190 e. The van der Waals surface area contributed by atoms with Crippen LogP contribution >= 0.6 is 0 Å². The van der Waals surface area contributed by atoms with Gasteiger partial charge in [-0.15, -0.1) is 0 Å². The van der Waals surface area contributed by atoms with E-state index < -0.39 is 24.0 Å².